The van der Waals surface area contributed by atoms with Crippen molar-refractivity contribution in [3.8, 4) is 0 Å². The molecule has 0 saturated heterocycles. The maximum Gasteiger partial charge on any atom is 0.0459 e. The van der Waals surface area contributed by atoms with Gasteiger partial charge in [0.2, 0.25) is 0 Å². The second kappa shape index (κ2) is 3.93. The molecule has 2 rings (SSSR count). The fourth-order valence-corrected chi connectivity index (χ4v) is 2.27. The van der Waals surface area contributed by atoms with Crippen molar-refractivity contribution in [3.63, 3.8) is 0 Å². The van der Waals surface area contributed by atoms with Crippen LogP contribution in [0.3, 0.4) is 0 Å². The SMILES string of the molecule is OC[C@@H]1CC[C@@H](c2ccccc2)C1. The lowest BCUT2D eigenvalue weighted by Crippen LogP contribution is -2.00. The smallest absolute Gasteiger partial charge is 0.0459 e. The van der Waals surface area contributed by atoms with E-state index in [0.717, 1.165) is 0 Å². The van der Waals surface area contributed by atoms with Gasteiger partial charge in [0.1, 0.15) is 0 Å². The Morgan fingerprint density at radius 3 is 2.54 bits per heavy atom. The van der Waals surface area contributed by atoms with Crippen molar-refractivity contribution in [1.82, 2.24) is 0 Å². The fourth-order valence-electron chi connectivity index (χ4n) is 2.27. The summed E-state index contributed by atoms with van der Waals surface area (Å²) >= 11 is 0. The Hall–Kier alpha value is -0.820. The predicted molar refractivity (Wildman–Crippen MR) is 53.6 cm³/mol. The van der Waals surface area contributed by atoms with Crippen molar-refractivity contribution < 1.29 is 5.11 Å². The lowest BCUT2D eigenvalue weighted by Gasteiger charge is -2.09. The maximum absolute atomic E-state index is 9.03. The van der Waals surface area contributed by atoms with Crippen LogP contribution in [0.1, 0.15) is 30.7 Å². The van der Waals surface area contributed by atoms with E-state index in [1.807, 2.05) is 0 Å². The molecule has 1 aromatic rings. The molecule has 1 aromatic carbocycles. The zero-order valence-electron chi connectivity index (χ0n) is 7.82. The molecule has 1 aliphatic carbocycles. The highest BCUT2D eigenvalue weighted by molar-refractivity contribution is 5.20. The van der Waals surface area contributed by atoms with Gasteiger partial charge in [-0.2, -0.15) is 0 Å². The summed E-state index contributed by atoms with van der Waals surface area (Å²) in [5, 5.41) is 9.03. The lowest BCUT2D eigenvalue weighted by molar-refractivity contribution is 0.229. The standard InChI is InChI=1S/C12H16O/c13-9-10-6-7-12(8-10)11-4-2-1-3-5-11/h1-5,10,12-13H,6-9H2/t10-,12-/m1/s1. The molecule has 13 heavy (non-hydrogen) atoms. The van der Waals surface area contributed by atoms with Gasteiger partial charge in [-0.05, 0) is 36.7 Å². The quantitative estimate of drug-likeness (QED) is 0.734. The Bertz CT molecular complexity index is 255. The average Bonchev–Trinajstić information content (AvgIpc) is 2.67. The van der Waals surface area contributed by atoms with Crippen molar-refractivity contribution in [3.05, 3.63) is 35.9 Å². The van der Waals surface area contributed by atoms with E-state index in [1.165, 1.54) is 24.8 Å². The van der Waals surface area contributed by atoms with E-state index < -0.39 is 0 Å². The second-order valence-electron chi connectivity index (χ2n) is 3.97. The van der Waals surface area contributed by atoms with Crippen molar-refractivity contribution >= 4 is 0 Å². The molecule has 1 saturated carbocycles. The molecule has 0 heterocycles. The van der Waals surface area contributed by atoms with Crippen LogP contribution in [0.25, 0.3) is 0 Å². The number of hydrogen-bond donors (Lipinski definition) is 1. The van der Waals surface area contributed by atoms with Crippen LogP contribution in [0, 0.1) is 5.92 Å². The summed E-state index contributed by atoms with van der Waals surface area (Å²) in [5.41, 5.74) is 1.44. The highest BCUT2D eigenvalue weighted by Gasteiger charge is 2.24. The zero-order chi connectivity index (χ0) is 9.10. The number of hydrogen-bond acceptors (Lipinski definition) is 1. The first-order chi connectivity index (χ1) is 6.40. The zero-order valence-corrected chi connectivity index (χ0v) is 7.82. The number of aliphatic hydroxyl groups is 1. The van der Waals surface area contributed by atoms with E-state index in [0.29, 0.717) is 18.4 Å². The maximum atomic E-state index is 9.03. The molecule has 0 unspecified atom stereocenters. The normalized spacial score (nSPS) is 27.8. The van der Waals surface area contributed by atoms with Crippen LogP contribution in [0.2, 0.25) is 0 Å². The van der Waals surface area contributed by atoms with Crippen LogP contribution in [0.5, 0.6) is 0 Å². The van der Waals surface area contributed by atoms with Crippen LogP contribution in [-0.4, -0.2) is 11.7 Å². The topological polar surface area (TPSA) is 20.2 Å². The number of aliphatic hydroxyl groups excluding tert-OH is 1. The molecule has 0 spiro atoms. The summed E-state index contributed by atoms with van der Waals surface area (Å²) in [7, 11) is 0. The van der Waals surface area contributed by atoms with Crippen molar-refractivity contribution in [1.29, 1.82) is 0 Å². The van der Waals surface area contributed by atoms with E-state index in [-0.39, 0.29) is 0 Å². The van der Waals surface area contributed by atoms with Gasteiger partial charge < -0.3 is 5.11 Å². The molecule has 0 bridgehead atoms. The minimum absolute atomic E-state index is 0.364. The van der Waals surface area contributed by atoms with Gasteiger partial charge >= 0.3 is 0 Å². The van der Waals surface area contributed by atoms with E-state index in [1.54, 1.807) is 0 Å². The van der Waals surface area contributed by atoms with Gasteiger partial charge in [0, 0.05) is 6.61 Å². The fraction of sp³-hybridized carbons (Fsp3) is 0.500. The van der Waals surface area contributed by atoms with E-state index >= 15 is 0 Å². The Morgan fingerprint density at radius 2 is 1.92 bits per heavy atom. The molecule has 0 radical (unpaired) electrons. The minimum atomic E-state index is 0.364. The molecule has 0 aliphatic heterocycles. The highest BCUT2D eigenvalue weighted by atomic mass is 16.3. The predicted octanol–water partition coefficient (Wildman–Crippen LogP) is 2.56. The van der Waals surface area contributed by atoms with E-state index in [9.17, 15) is 0 Å². The van der Waals surface area contributed by atoms with Crippen molar-refractivity contribution in [2.45, 2.75) is 25.2 Å². The lowest BCUT2D eigenvalue weighted by atomic mass is 9.97. The summed E-state index contributed by atoms with van der Waals surface area (Å²) < 4.78 is 0. The van der Waals surface area contributed by atoms with E-state index in [2.05, 4.69) is 30.3 Å². The first-order valence-corrected chi connectivity index (χ1v) is 5.06. The third-order valence-electron chi connectivity index (χ3n) is 3.07. The molecule has 1 N–H and O–H groups in total. The number of rotatable bonds is 2. The molecule has 1 nitrogen and oxygen atoms in total. The Kier molecular flexibility index (Phi) is 2.65. The van der Waals surface area contributed by atoms with Gasteiger partial charge in [-0.3, -0.25) is 0 Å². The van der Waals surface area contributed by atoms with Gasteiger partial charge in [-0.25, -0.2) is 0 Å². The second-order valence-corrected chi connectivity index (χ2v) is 3.97. The van der Waals surface area contributed by atoms with Crippen LogP contribution in [0.4, 0.5) is 0 Å². The molecule has 1 heteroatoms. The van der Waals surface area contributed by atoms with Gasteiger partial charge in [-0.1, -0.05) is 30.3 Å². The summed E-state index contributed by atoms with van der Waals surface area (Å²) in [6.07, 6.45) is 3.60. The van der Waals surface area contributed by atoms with Gasteiger partial charge in [0.05, 0.1) is 0 Å². The van der Waals surface area contributed by atoms with Crippen LogP contribution < -0.4 is 0 Å². The molecule has 0 amide bonds. The molecule has 0 aromatic heterocycles. The molecular formula is C12H16O. The van der Waals surface area contributed by atoms with Crippen molar-refractivity contribution in [2.75, 3.05) is 6.61 Å². The summed E-state index contributed by atoms with van der Waals surface area (Å²) in [6, 6.07) is 10.7. The highest BCUT2D eigenvalue weighted by Crippen LogP contribution is 2.37. The van der Waals surface area contributed by atoms with Crippen LogP contribution in [0.15, 0.2) is 30.3 Å². The van der Waals surface area contributed by atoms with Crippen molar-refractivity contribution in [2.24, 2.45) is 5.92 Å². The Morgan fingerprint density at radius 1 is 1.15 bits per heavy atom. The number of benzene rings is 1. The average molecular weight is 176 g/mol. The van der Waals surface area contributed by atoms with Gasteiger partial charge in [-0.15, -0.1) is 0 Å². The molecule has 1 fully saturated rings. The largest absolute Gasteiger partial charge is 0.396 e. The molecule has 2 atom stereocenters. The summed E-state index contributed by atoms with van der Waals surface area (Å²) in [5.74, 6) is 1.24. The Labute approximate surface area is 79.4 Å². The van der Waals surface area contributed by atoms with Gasteiger partial charge in [0.25, 0.3) is 0 Å². The third-order valence-corrected chi connectivity index (χ3v) is 3.07. The molecular weight excluding hydrogens is 160 g/mol. The van der Waals surface area contributed by atoms with Gasteiger partial charge in [0.15, 0.2) is 0 Å². The molecule has 70 valence electrons. The first-order valence-electron chi connectivity index (χ1n) is 5.06. The van der Waals surface area contributed by atoms with Crippen LogP contribution >= 0.6 is 0 Å². The first kappa shape index (κ1) is 8.76. The third kappa shape index (κ3) is 1.92. The summed E-state index contributed by atoms with van der Waals surface area (Å²) in [4.78, 5) is 0. The monoisotopic (exact) mass is 176 g/mol. The Balaban J connectivity index is 2.04. The summed E-state index contributed by atoms with van der Waals surface area (Å²) in [6.45, 7) is 0.364. The van der Waals surface area contributed by atoms with Crippen LogP contribution in [-0.2, 0) is 0 Å². The van der Waals surface area contributed by atoms with E-state index in [4.69, 9.17) is 5.11 Å². The minimum Gasteiger partial charge on any atom is -0.396 e. The molecule has 1 aliphatic rings.